The molecule has 7 heteroatoms. The third-order valence-electron chi connectivity index (χ3n) is 4.30. The molecule has 1 fully saturated rings. The van der Waals surface area contributed by atoms with Crippen LogP contribution >= 0.6 is 11.3 Å². The number of aromatic nitrogens is 3. The summed E-state index contributed by atoms with van der Waals surface area (Å²) >= 11 is 1.44. The largest absolute Gasteiger partial charge is 0.462 e. The Kier molecular flexibility index (Phi) is 4.17. The normalized spacial score (nSPS) is 18.0. The highest BCUT2D eigenvalue weighted by Gasteiger charge is 2.29. The van der Waals surface area contributed by atoms with Gasteiger partial charge in [0.15, 0.2) is 10.8 Å². The second-order valence-corrected chi connectivity index (χ2v) is 6.75. The molecule has 1 aliphatic rings. The molecular weight excluding hydrogens is 324 g/mol. The van der Waals surface area contributed by atoms with Gasteiger partial charge in [0.25, 0.3) is 5.91 Å². The van der Waals surface area contributed by atoms with E-state index < -0.39 is 0 Å². The van der Waals surface area contributed by atoms with Crippen LogP contribution in [0.3, 0.4) is 0 Å². The molecule has 0 bridgehead atoms. The van der Waals surface area contributed by atoms with Crippen molar-refractivity contribution in [2.24, 2.45) is 0 Å². The topological polar surface area (TPSA) is 64.2 Å². The van der Waals surface area contributed by atoms with Crippen LogP contribution in [0, 0.1) is 0 Å². The van der Waals surface area contributed by atoms with Crippen LogP contribution in [0.2, 0.25) is 0 Å². The first kappa shape index (κ1) is 15.1. The van der Waals surface area contributed by atoms with Crippen molar-refractivity contribution < 1.29 is 9.21 Å². The highest BCUT2D eigenvalue weighted by Crippen LogP contribution is 2.26. The van der Waals surface area contributed by atoms with Gasteiger partial charge in [-0.25, -0.2) is 4.98 Å². The Bertz CT molecular complexity index is 795. The Labute approximate surface area is 143 Å². The van der Waals surface area contributed by atoms with Crippen molar-refractivity contribution in [3.05, 3.63) is 47.9 Å². The van der Waals surface area contributed by atoms with Crippen LogP contribution in [0.5, 0.6) is 0 Å². The zero-order valence-electron chi connectivity index (χ0n) is 13.2. The van der Waals surface area contributed by atoms with Crippen LogP contribution in [0.4, 0.5) is 0 Å². The van der Waals surface area contributed by atoms with Crippen molar-refractivity contribution in [1.29, 1.82) is 0 Å². The molecule has 124 valence electrons. The van der Waals surface area contributed by atoms with Crippen LogP contribution in [0.15, 0.2) is 46.7 Å². The fourth-order valence-electron chi connectivity index (χ4n) is 3.11. The van der Waals surface area contributed by atoms with E-state index in [1.165, 1.54) is 11.3 Å². The van der Waals surface area contributed by atoms with Gasteiger partial charge in [0.1, 0.15) is 5.69 Å². The van der Waals surface area contributed by atoms with E-state index >= 15 is 0 Å². The van der Waals surface area contributed by atoms with E-state index in [1.54, 1.807) is 12.5 Å². The molecule has 1 atom stereocenters. The highest BCUT2D eigenvalue weighted by molar-refractivity contribution is 7.13. The van der Waals surface area contributed by atoms with Gasteiger partial charge < -0.3 is 9.32 Å². The van der Waals surface area contributed by atoms with Crippen LogP contribution in [0.25, 0.3) is 10.8 Å². The van der Waals surface area contributed by atoms with Crippen LogP contribution in [-0.4, -0.2) is 38.2 Å². The lowest BCUT2D eigenvalue weighted by atomic mass is 10.0. The van der Waals surface area contributed by atoms with Gasteiger partial charge in [0.2, 0.25) is 0 Å². The van der Waals surface area contributed by atoms with E-state index in [-0.39, 0.29) is 11.9 Å². The Morgan fingerprint density at radius 1 is 1.38 bits per heavy atom. The first-order valence-electron chi connectivity index (χ1n) is 8.09. The number of piperidine rings is 1. The maximum atomic E-state index is 12.9. The average Bonchev–Trinajstić information content (AvgIpc) is 3.35. The summed E-state index contributed by atoms with van der Waals surface area (Å²) in [6, 6.07) is 5.75. The first-order chi connectivity index (χ1) is 11.8. The number of likely N-dealkylation sites (tertiary alicyclic amines) is 1. The zero-order chi connectivity index (χ0) is 16.4. The summed E-state index contributed by atoms with van der Waals surface area (Å²) in [7, 11) is 0. The molecule has 1 aliphatic heterocycles. The lowest BCUT2D eigenvalue weighted by Gasteiger charge is -2.35. The molecule has 4 heterocycles. The number of hydrogen-bond donors (Lipinski definition) is 0. The van der Waals surface area contributed by atoms with Crippen molar-refractivity contribution in [1.82, 2.24) is 19.7 Å². The fourth-order valence-corrected chi connectivity index (χ4v) is 3.87. The highest BCUT2D eigenvalue weighted by atomic mass is 32.1. The van der Waals surface area contributed by atoms with Crippen molar-refractivity contribution in [3.63, 3.8) is 0 Å². The maximum Gasteiger partial charge on any atom is 0.273 e. The molecule has 1 saturated heterocycles. The van der Waals surface area contributed by atoms with Crippen LogP contribution in [0.1, 0.15) is 29.8 Å². The molecule has 1 amide bonds. The average molecular weight is 342 g/mol. The van der Waals surface area contributed by atoms with Crippen molar-refractivity contribution in [2.45, 2.75) is 31.8 Å². The smallest absolute Gasteiger partial charge is 0.273 e. The predicted octanol–water partition coefficient (Wildman–Crippen LogP) is 3.29. The van der Waals surface area contributed by atoms with Gasteiger partial charge in [-0.3, -0.25) is 9.48 Å². The molecule has 0 N–H and O–H groups in total. The molecule has 0 saturated carbocycles. The molecule has 0 aromatic carbocycles. The Morgan fingerprint density at radius 2 is 2.33 bits per heavy atom. The SMILES string of the molecule is O=C(c1csc(-c2ccco2)n1)N1CCCCC1Cn1cccn1. The summed E-state index contributed by atoms with van der Waals surface area (Å²) in [5, 5.41) is 6.83. The van der Waals surface area contributed by atoms with Crippen molar-refractivity contribution >= 4 is 17.2 Å². The molecule has 0 radical (unpaired) electrons. The van der Waals surface area contributed by atoms with Gasteiger partial charge in [0.05, 0.1) is 18.8 Å². The molecule has 0 aliphatic carbocycles. The van der Waals surface area contributed by atoms with Gasteiger partial charge in [-0.15, -0.1) is 11.3 Å². The number of amides is 1. The Morgan fingerprint density at radius 3 is 3.12 bits per heavy atom. The lowest BCUT2D eigenvalue weighted by molar-refractivity contribution is 0.0579. The summed E-state index contributed by atoms with van der Waals surface area (Å²) in [5.41, 5.74) is 0.499. The van der Waals surface area contributed by atoms with Crippen LogP contribution in [-0.2, 0) is 6.54 Å². The number of furan rings is 1. The van der Waals surface area contributed by atoms with Crippen molar-refractivity contribution in [2.75, 3.05) is 6.54 Å². The minimum atomic E-state index is 0.000845. The molecule has 6 nitrogen and oxygen atoms in total. The molecule has 3 aromatic heterocycles. The number of hydrogen-bond acceptors (Lipinski definition) is 5. The zero-order valence-corrected chi connectivity index (χ0v) is 14.0. The standard InChI is InChI=1S/C17H18N4O2S/c22-17(14-12-24-16(19-14)15-6-3-10-23-15)21-9-2-1-5-13(21)11-20-8-4-7-18-20/h3-4,6-8,10,12-13H,1-2,5,9,11H2. The summed E-state index contributed by atoms with van der Waals surface area (Å²) in [4.78, 5) is 19.4. The molecule has 3 aromatic rings. The van der Waals surface area contributed by atoms with E-state index in [9.17, 15) is 4.79 Å². The van der Waals surface area contributed by atoms with Crippen molar-refractivity contribution in [3.8, 4) is 10.8 Å². The third-order valence-corrected chi connectivity index (χ3v) is 5.16. The van der Waals surface area contributed by atoms with Gasteiger partial charge in [-0.05, 0) is 37.5 Å². The van der Waals surface area contributed by atoms with E-state index in [4.69, 9.17) is 4.42 Å². The van der Waals surface area contributed by atoms with E-state index in [0.717, 1.165) is 37.4 Å². The number of nitrogens with zero attached hydrogens (tertiary/aromatic N) is 4. The van der Waals surface area contributed by atoms with Crippen LogP contribution < -0.4 is 0 Å². The predicted molar refractivity (Wildman–Crippen MR) is 90.7 cm³/mol. The van der Waals surface area contributed by atoms with Gasteiger partial charge >= 0.3 is 0 Å². The molecule has 1 unspecified atom stereocenters. The summed E-state index contributed by atoms with van der Waals surface area (Å²) < 4.78 is 7.26. The fraction of sp³-hybridized carbons (Fsp3) is 0.353. The van der Waals surface area contributed by atoms with Gasteiger partial charge in [-0.1, -0.05) is 0 Å². The van der Waals surface area contributed by atoms with Gasteiger partial charge in [-0.2, -0.15) is 5.10 Å². The number of carbonyl (C=O) groups excluding carboxylic acids is 1. The molecule has 24 heavy (non-hydrogen) atoms. The summed E-state index contributed by atoms with van der Waals surface area (Å²) in [6.45, 7) is 1.51. The Hall–Kier alpha value is -2.41. The molecule has 0 spiro atoms. The second-order valence-electron chi connectivity index (χ2n) is 5.89. The molecule has 4 rings (SSSR count). The van der Waals surface area contributed by atoms with E-state index in [0.29, 0.717) is 11.5 Å². The third kappa shape index (κ3) is 2.99. The maximum absolute atomic E-state index is 12.9. The monoisotopic (exact) mass is 342 g/mol. The number of carbonyl (C=O) groups is 1. The van der Waals surface area contributed by atoms with E-state index in [1.807, 2.05) is 39.4 Å². The Balaban J connectivity index is 1.53. The van der Waals surface area contributed by atoms with Gasteiger partial charge in [0, 0.05) is 24.3 Å². The summed E-state index contributed by atoms with van der Waals surface area (Å²) in [5.74, 6) is 0.701. The number of thiazole rings is 1. The first-order valence-corrected chi connectivity index (χ1v) is 8.97. The minimum Gasteiger partial charge on any atom is -0.462 e. The number of rotatable bonds is 4. The lowest BCUT2D eigenvalue weighted by Crippen LogP contribution is -2.46. The summed E-state index contributed by atoms with van der Waals surface area (Å²) in [6.07, 6.45) is 8.50. The molecular formula is C17H18N4O2S. The quantitative estimate of drug-likeness (QED) is 0.730. The second kappa shape index (κ2) is 6.60. The minimum absolute atomic E-state index is 0.000845. The van der Waals surface area contributed by atoms with E-state index in [2.05, 4.69) is 10.1 Å².